The van der Waals surface area contributed by atoms with E-state index in [4.69, 9.17) is 9.47 Å². The average Bonchev–Trinajstić information content (AvgIpc) is 2.27. The number of hydrogen-bond donors (Lipinski definition) is 0. The molecule has 1 radical (unpaired) electrons. The van der Waals surface area contributed by atoms with Crippen molar-refractivity contribution in [1.82, 2.24) is 0 Å². The Morgan fingerprint density at radius 1 is 1.17 bits per heavy atom. The summed E-state index contributed by atoms with van der Waals surface area (Å²) >= 11 is 0. The summed E-state index contributed by atoms with van der Waals surface area (Å²) < 4.78 is 10.3. The molecule has 0 amide bonds. The molecule has 0 fully saturated rings. The molecule has 0 heterocycles. The van der Waals surface area contributed by atoms with E-state index in [9.17, 15) is 4.79 Å². The average molecular weight is 243 g/mol. The van der Waals surface area contributed by atoms with Crippen molar-refractivity contribution in [2.24, 2.45) is 0 Å². The lowest BCUT2D eigenvalue weighted by atomic mass is 10.1. The van der Waals surface area contributed by atoms with Crippen LogP contribution in [0.5, 0.6) is 5.75 Å². The summed E-state index contributed by atoms with van der Waals surface area (Å²) in [5.41, 5.74) is -0.562. The highest BCUT2D eigenvalue weighted by molar-refractivity contribution is 5.89. The van der Waals surface area contributed by atoms with Crippen molar-refractivity contribution in [2.45, 2.75) is 26.4 Å². The van der Waals surface area contributed by atoms with Crippen LogP contribution in [0.3, 0.4) is 0 Å². The van der Waals surface area contributed by atoms with Crippen molar-refractivity contribution in [3.05, 3.63) is 42.5 Å². The van der Waals surface area contributed by atoms with Crippen molar-refractivity contribution >= 4 is 16.9 Å². The molecule has 18 heavy (non-hydrogen) atoms. The van der Waals surface area contributed by atoms with E-state index in [0.717, 1.165) is 10.8 Å². The van der Waals surface area contributed by atoms with Crippen LogP contribution in [0.25, 0.3) is 10.8 Å². The largest absolute Gasteiger partial charge is 0.514 e. The van der Waals surface area contributed by atoms with Gasteiger partial charge in [0.05, 0.1) is 0 Å². The van der Waals surface area contributed by atoms with Gasteiger partial charge in [0.15, 0.2) is 0 Å². The first-order chi connectivity index (χ1) is 8.46. The van der Waals surface area contributed by atoms with E-state index in [0.29, 0.717) is 5.75 Å². The molecule has 0 aliphatic heterocycles. The normalized spacial score (nSPS) is 11.3. The van der Waals surface area contributed by atoms with Crippen LogP contribution in [0.4, 0.5) is 4.79 Å². The monoisotopic (exact) mass is 243 g/mol. The van der Waals surface area contributed by atoms with E-state index in [1.54, 1.807) is 32.9 Å². The molecule has 93 valence electrons. The lowest BCUT2D eigenvalue weighted by molar-refractivity contribution is 0.0209. The molecule has 2 aromatic carbocycles. The van der Waals surface area contributed by atoms with Gasteiger partial charge < -0.3 is 9.47 Å². The third-order valence-electron chi connectivity index (χ3n) is 2.25. The maximum Gasteiger partial charge on any atom is 0.514 e. The van der Waals surface area contributed by atoms with Crippen LogP contribution in [0.1, 0.15) is 20.8 Å². The first-order valence-corrected chi connectivity index (χ1v) is 5.76. The van der Waals surface area contributed by atoms with Crippen molar-refractivity contribution < 1.29 is 14.3 Å². The summed E-state index contributed by atoms with van der Waals surface area (Å²) in [6, 6.07) is 14.1. The molecule has 0 aliphatic carbocycles. The predicted octanol–water partition coefficient (Wildman–Crippen LogP) is 3.95. The van der Waals surface area contributed by atoms with Crippen molar-refractivity contribution in [3.63, 3.8) is 0 Å². The molecule has 2 rings (SSSR count). The smallest absolute Gasteiger partial charge is 0.428 e. The Labute approximate surface area is 106 Å². The number of hydrogen-bond acceptors (Lipinski definition) is 3. The minimum atomic E-state index is -0.696. The zero-order valence-electron chi connectivity index (χ0n) is 10.7. The Kier molecular flexibility index (Phi) is 3.24. The quantitative estimate of drug-likeness (QED) is 0.562. The molecule has 0 bridgehead atoms. The summed E-state index contributed by atoms with van der Waals surface area (Å²) in [5.74, 6) is 0.485. The maximum atomic E-state index is 11.6. The van der Waals surface area contributed by atoms with Gasteiger partial charge in [0.25, 0.3) is 0 Å². The fourth-order valence-electron chi connectivity index (χ4n) is 1.57. The Morgan fingerprint density at radius 3 is 2.61 bits per heavy atom. The highest BCUT2D eigenvalue weighted by Crippen LogP contribution is 2.25. The molecule has 0 aromatic heterocycles. The van der Waals surface area contributed by atoms with Crippen LogP contribution in [-0.4, -0.2) is 11.8 Å². The van der Waals surface area contributed by atoms with Crippen LogP contribution in [0.2, 0.25) is 0 Å². The minimum Gasteiger partial charge on any atom is -0.428 e. The third-order valence-corrected chi connectivity index (χ3v) is 2.25. The number of ether oxygens (including phenoxy) is 2. The van der Waals surface area contributed by atoms with E-state index in [-0.39, 0.29) is 0 Å². The number of carbonyl (C=O) groups is 1. The Hall–Kier alpha value is -2.03. The molecule has 0 saturated carbocycles. The van der Waals surface area contributed by atoms with Gasteiger partial charge in [-0.25, -0.2) is 4.79 Å². The maximum absolute atomic E-state index is 11.6. The predicted molar refractivity (Wildman–Crippen MR) is 69.6 cm³/mol. The molecular weight excluding hydrogens is 228 g/mol. The van der Waals surface area contributed by atoms with Crippen LogP contribution < -0.4 is 4.74 Å². The van der Waals surface area contributed by atoms with Gasteiger partial charge in [-0.3, -0.25) is 0 Å². The minimum absolute atomic E-state index is 0.485. The number of benzene rings is 2. The van der Waals surface area contributed by atoms with Crippen LogP contribution in [-0.2, 0) is 4.74 Å². The fraction of sp³-hybridized carbons (Fsp3) is 0.267. The number of carbonyl (C=O) groups excluding carboxylic acids is 1. The third kappa shape index (κ3) is 3.00. The van der Waals surface area contributed by atoms with Gasteiger partial charge in [-0.2, -0.15) is 0 Å². The first kappa shape index (κ1) is 12.4. The Bertz CT molecular complexity index is 562. The second kappa shape index (κ2) is 4.69. The molecule has 2 aromatic rings. The molecule has 0 aliphatic rings. The number of fused-ring (bicyclic) bond motifs is 1. The Balaban J connectivity index is 2.24. The van der Waals surface area contributed by atoms with Gasteiger partial charge in [-0.15, -0.1) is 0 Å². The van der Waals surface area contributed by atoms with Gasteiger partial charge in [-0.1, -0.05) is 30.3 Å². The van der Waals surface area contributed by atoms with E-state index in [1.165, 1.54) is 0 Å². The zero-order chi connectivity index (χ0) is 13.2. The molecular formula is C15H15O3. The van der Waals surface area contributed by atoms with Crippen molar-refractivity contribution in [2.75, 3.05) is 0 Å². The lowest BCUT2D eigenvalue weighted by Gasteiger charge is -2.19. The van der Waals surface area contributed by atoms with Gasteiger partial charge in [0, 0.05) is 5.39 Å². The van der Waals surface area contributed by atoms with Crippen LogP contribution in [0.15, 0.2) is 36.4 Å². The van der Waals surface area contributed by atoms with Gasteiger partial charge in [0.2, 0.25) is 0 Å². The summed E-state index contributed by atoms with van der Waals surface area (Å²) in [5, 5.41) is 1.74. The van der Waals surface area contributed by atoms with E-state index in [1.807, 2.05) is 24.3 Å². The molecule has 3 heteroatoms. The topological polar surface area (TPSA) is 35.5 Å². The summed E-state index contributed by atoms with van der Waals surface area (Å²) in [7, 11) is 0. The van der Waals surface area contributed by atoms with Crippen molar-refractivity contribution in [3.8, 4) is 5.75 Å². The zero-order valence-corrected chi connectivity index (χ0v) is 10.7. The molecule has 0 N–H and O–H groups in total. The molecule has 0 unspecified atom stereocenters. The Morgan fingerprint density at radius 2 is 1.89 bits per heavy atom. The van der Waals surface area contributed by atoms with Crippen LogP contribution >= 0.6 is 0 Å². The molecule has 3 nitrogen and oxygen atoms in total. The summed E-state index contributed by atoms with van der Waals surface area (Å²) in [6.07, 6.45) is -0.696. The lowest BCUT2D eigenvalue weighted by Crippen LogP contribution is -2.26. The van der Waals surface area contributed by atoms with E-state index >= 15 is 0 Å². The van der Waals surface area contributed by atoms with Crippen LogP contribution in [0, 0.1) is 6.07 Å². The highest BCUT2D eigenvalue weighted by Gasteiger charge is 2.18. The number of rotatable bonds is 1. The van der Waals surface area contributed by atoms with Gasteiger partial charge in [-0.05, 0) is 38.3 Å². The van der Waals surface area contributed by atoms with E-state index in [2.05, 4.69) is 6.07 Å². The van der Waals surface area contributed by atoms with E-state index < -0.39 is 11.8 Å². The summed E-state index contributed by atoms with van der Waals surface area (Å²) in [4.78, 5) is 11.6. The second-order valence-corrected chi connectivity index (χ2v) is 4.95. The van der Waals surface area contributed by atoms with Gasteiger partial charge in [0.1, 0.15) is 11.4 Å². The van der Waals surface area contributed by atoms with Crippen molar-refractivity contribution in [1.29, 1.82) is 0 Å². The molecule has 0 spiro atoms. The molecule has 0 atom stereocenters. The van der Waals surface area contributed by atoms with Gasteiger partial charge >= 0.3 is 6.16 Å². The summed E-state index contributed by atoms with van der Waals surface area (Å²) in [6.45, 7) is 5.39. The molecule has 0 saturated heterocycles. The fourth-order valence-corrected chi connectivity index (χ4v) is 1.57. The SMILES string of the molecule is CC(C)(C)OC(=O)Oc1cc[c]c2ccccc12. The first-order valence-electron chi connectivity index (χ1n) is 5.76. The highest BCUT2D eigenvalue weighted by atomic mass is 16.7. The standard InChI is InChI=1S/C15H15O3/c1-15(2,3)18-14(16)17-13-10-6-8-11-7-4-5-9-12(11)13/h4-7,9-10H,1-3H3. The second-order valence-electron chi connectivity index (χ2n) is 4.95.